The van der Waals surface area contributed by atoms with Crippen molar-refractivity contribution in [2.75, 3.05) is 0 Å². The molecular weight excluding hydrogens is 338 g/mol. The summed E-state index contributed by atoms with van der Waals surface area (Å²) in [6.45, 7) is 2.41. The Morgan fingerprint density at radius 3 is 2.80 bits per heavy atom. The number of rotatable bonds is 4. The lowest BCUT2D eigenvalue weighted by atomic mass is 10.1. The van der Waals surface area contributed by atoms with Gasteiger partial charge >= 0.3 is 0 Å². The highest BCUT2D eigenvalue weighted by Crippen LogP contribution is 2.30. The summed E-state index contributed by atoms with van der Waals surface area (Å²) in [4.78, 5) is 0. The molecule has 0 atom stereocenters. The zero-order valence-corrected chi connectivity index (χ0v) is 13.3. The van der Waals surface area contributed by atoms with Crippen molar-refractivity contribution in [3.63, 3.8) is 0 Å². The van der Waals surface area contributed by atoms with Crippen LogP contribution in [0.3, 0.4) is 0 Å². The third kappa shape index (κ3) is 3.53. The second-order valence-corrected chi connectivity index (χ2v) is 5.63. The van der Waals surface area contributed by atoms with Gasteiger partial charge < -0.3 is 4.74 Å². The molecule has 0 aromatic heterocycles. The van der Waals surface area contributed by atoms with E-state index in [1.807, 2.05) is 37.3 Å². The first kappa shape index (κ1) is 14.9. The molecular formula is C16H13BrClNO. The first-order valence-electron chi connectivity index (χ1n) is 6.11. The molecule has 2 nitrogen and oxygen atoms in total. The quantitative estimate of drug-likeness (QED) is 0.731. The zero-order valence-electron chi connectivity index (χ0n) is 11.0. The fourth-order valence-corrected chi connectivity index (χ4v) is 2.81. The number of hydrogen-bond donors (Lipinski definition) is 0. The average molecular weight is 351 g/mol. The van der Waals surface area contributed by atoms with Crippen LogP contribution >= 0.6 is 27.5 Å². The minimum atomic E-state index is 0.397. The summed E-state index contributed by atoms with van der Waals surface area (Å²) in [6, 6.07) is 13.5. The zero-order chi connectivity index (χ0) is 14.5. The molecule has 102 valence electrons. The normalized spacial score (nSPS) is 10.1. The van der Waals surface area contributed by atoms with Gasteiger partial charge in [0, 0.05) is 10.0 Å². The molecule has 0 saturated heterocycles. The van der Waals surface area contributed by atoms with Crippen LogP contribution in [0, 0.1) is 18.3 Å². The van der Waals surface area contributed by atoms with Crippen molar-refractivity contribution in [2.45, 2.75) is 19.4 Å². The monoisotopic (exact) mass is 349 g/mol. The van der Waals surface area contributed by atoms with Crippen LogP contribution in [-0.4, -0.2) is 0 Å². The second-order valence-electron chi connectivity index (χ2n) is 4.45. The molecule has 0 aliphatic heterocycles. The molecule has 0 heterocycles. The molecule has 2 aromatic carbocycles. The Morgan fingerprint density at radius 1 is 1.30 bits per heavy atom. The van der Waals surface area contributed by atoms with E-state index in [4.69, 9.17) is 21.6 Å². The van der Waals surface area contributed by atoms with Crippen molar-refractivity contribution >= 4 is 27.5 Å². The van der Waals surface area contributed by atoms with Gasteiger partial charge in [-0.25, -0.2) is 0 Å². The number of nitriles is 1. The minimum Gasteiger partial charge on any atom is -0.488 e. The highest BCUT2D eigenvalue weighted by atomic mass is 79.9. The van der Waals surface area contributed by atoms with E-state index in [0.29, 0.717) is 18.1 Å². The Labute approximate surface area is 132 Å². The van der Waals surface area contributed by atoms with Crippen LogP contribution in [0.25, 0.3) is 0 Å². The predicted molar refractivity (Wildman–Crippen MR) is 83.9 cm³/mol. The first-order chi connectivity index (χ1) is 9.63. The van der Waals surface area contributed by atoms with Gasteiger partial charge in [-0.3, -0.25) is 0 Å². The van der Waals surface area contributed by atoms with Crippen molar-refractivity contribution in [1.82, 2.24) is 0 Å². The predicted octanol–water partition coefficient (Wildman–Crippen LogP) is 4.95. The highest BCUT2D eigenvalue weighted by Gasteiger charge is 2.09. The summed E-state index contributed by atoms with van der Waals surface area (Å²) in [5.41, 5.74) is 3.59. The number of benzene rings is 2. The number of halogens is 2. The van der Waals surface area contributed by atoms with Crippen LogP contribution in [0.1, 0.15) is 22.3 Å². The van der Waals surface area contributed by atoms with Crippen molar-refractivity contribution in [1.29, 1.82) is 5.26 Å². The van der Waals surface area contributed by atoms with E-state index in [-0.39, 0.29) is 0 Å². The van der Waals surface area contributed by atoms with E-state index < -0.39 is 0 Å². The lowest BCUT2D eigenvalue weighted by molar-refractivity contribution is 0.301. The second kappa shape index (κ2) is 6.78. The summed E-state index contributed by atoms with van der Waals surface area (Å²) < 4.78 is 6.87. The molecule has 0 unspecified atom stereocenters. The molecule has 0 saturated carbocycles. The maximum Gasteiger partial charge on any atom is 0.127 e. The van der Waals surface area contributed by atoms with Gasteiger partial charge in [-0.2, -0.15) is 5.26 Å². The summed E-state index contributed by atoms with van der Waals surface area (Å²) >= 11 is 9.41. The Kier molecular flexibility index (Phi) is 5.05. The Hall–Kier alpha value is -1.50. The Balaban J connectivity index is 2.20. The van der Waals surface area contributed by atoms with Gasteiger partial charge in [0.15, 0.2) is 0 Å². The number of alkyl halides is 1. The molecule has 0 bridgehead atoms. The molecule has 4 heteroatoms. The van der Waals surface area contributed by atoms with E-state index in [0.717, 1.165) is 26.9 Å². The maximum absolute atomic E-state index is 8.89. The summed E-state index contributed by atoms with van der Waals surface area (Å²) in [5.74, 6) is 1.21. The summed E-state index contributed by atoms with van der Waals surface area (Å²) in [5, 5.41) is 8.89. The van der Waals surface area contributed by atoms with Gasteiger partial charge in [-0.15, -0.1) is 11.6 Å². The molecule has 2 aromatic rings. The van der Waals surface area contributed by atoms with E-state index in [2.05, 4.69) is 22.0 Å². The summed E-state index contributed by atoms with van der Waals surface area (Å²) in [7, 11) is 0. The minimum absolute atomic E-state index is 0.397. The largest absolute Gasteiger partial charge is 0.488 e. The van der Waals surface area contributed by atoms with Gasteiger partial charge in [0.25, 0.3) is 0 Å². The molecule has 0 aliphatic rings. The summed E-state index contributed by atoms with van der Waals surface area (Å²) in [6.07, 6.45) is 0. The number of aryl methyl sites for hydroxylation is 1. The van der Waals surface area contributed by atoms with Gasteiger partial charge in [0.1, 0.15) is 12.4 Å². The lowest BCUT2D eigenvalue weighted by Crippen LogP contribution is -2.00. The van der Waals surface area contributed by atoms with Gasteiger partial charge in [-0.1, -0.05) is 28.1 Å². The van der Waals surface area contributed by atoms with Crippen LogP contribution in [0.4, 0.5) is 0 Å². The van der Waals surface area contributed by atoms with Crippen molar-refractivity contribution in [3.8, 4) is 11.8 Å². The average Bonchev–Trinajstić information content (AvgIpc) is 2.45. The van der Waals surface area contributed by atoms with Crippen LogP contribution in [0.5, 0.6) is 5.75 Å². The van der Waals surface area contributed by atoms with E-state index >= 15 is 0 Å². The van der Waals surface area contributed by atoms with Gasteiger partial charge in [0.05, 0.1) is 17.5 Å². The van der Waals surface area contributed by atoms with Crippen molar-refractivity contribution in [3.05, 3.63) is 63.1 Å². The van der Waals surface area contributed by atoms with Gasteiger partial charge in [0.2, 0.25) is 0 Å². The number of ether oxygens (including phenoxy) is 1. The molecule has 2 rings (SSSR count). The fourth-order valence-electron chi connectivity index (χ4n) is 1.99. The van der Waals surface area contributed by atoms with E-state index in [9.17, 15) is 0 Å². The van der Waals surface area contributed by atoms with Gasteiger partial charge in [-0.05, 0) is 42.3 Å². The molecule has 0 amide bonds. The Bertz CT molecular complexity index is 664. The third-order valence-corrected chi connectivity index (χ3v) is 3.65. The topological polar surface area (TPSA) is 33.0 Å². The number of nitrogens with zero attached hydrogens (tertiary/aromatic N) is 1. The molecule has 0 spiro atoms. The van der Waals surface area contributed by atoms with Crippen LogP contribution in [0.2, 0.25) is 0 Å². The fraction of sp³-hybridized carbons (Fsp3) is 0.188. The standard InChI is InChI=1S/C16H13BrClNO/c1-11-5-15(17)7-14(8-18)16(11)20-10-13-4-2-3-12(6-13)9-19/h2-7H,8,10H2,1H3. The molecule has 0 fully saturated rings. The van der Waals surface area contributed by atoms with Crippen LogP contribution in [0.15, 0.2) is 40.9 Å². The first-order valence-corrected chi connectivity index (χ1v) is 7.43. The van der Waals surface area contributed by atoms with E-state index in [1.165, 1.54) is 0 Å². The van der Waals surface area contributed by atoms with E-state index in [1.54, 1.807) is 6.07 Å². The van der Waals surface area contributed by atoms with Crippen LogP contribution < -0.4 is 4.74 Å². The Morgan fingerprint density at radius 2 is 2.10 bits per heavy atom. The smallest absolute Gasteiger partial charge is 0.127 e. The number of hydrogen-bond acceptors (Lipinski definition) is 2. The maximum atomic E-state index is 8.89. The van der Waals surface area contributed by atoms with Crippen molar-refractivity contribution in [2.24, 2.45) is 0 Å². The lowest BCUT2D eigenvalue weighted by Gasteiger charge is -2.13. The third-order valence-electron chi connectivity index (χ3n) is 2.90. The molecule has 0 N–H and O–H groups in total. The highest BCUT2D eigenvalue weighted by molar-refractivity contribution is 9.10. The molecule has 0 aliphatic carbocycles. The molecule has 20 heavy (non-hydrogen) atoms. The van der Waals surface area contributed by atoms with Crippen molar-refractivity contribution < 1.29 is 4.74 Å². The molecule has 0 radical (unpaired) electrons. The SMILES string of the molecule is Cc1cc(Br)cc(CCl)c1OCc1cccc(C#N)c1. The van der Waals surface area contributed by atoms with Crippen LogP contribution in [-0.2, 0) is 12.5 Å².